The number of amides is 1. The van der Waals surface area contributed by atoms with E-state index in [-0.39, 0.29) is 19.5 Å². The van der Waals surface area contributed by atoms with Crippen LogP contribution in [0.3, 0.4) is 0 Å². The lowest BCUT2D eigenvalue weighted by molar-refractivity contribution is -0.142. The van der Waals surface area contributed by atoms with Crippen molar-refractivity contribution in [2.24, 2.45) is 0 Å². The van der Waals surface area contributed by atoms with Gasteiger partial charge in [-0.1, -0.05) is 6.07 Å². The molecule has 0 spiro atoms. The molecule has 1 aromatic carbocycles. The van der Waals surface area contributed by atoms with Gasteiger partial charge < -0.3 is 15.5 Å². The van der Waals surface area contributed by atoms with E-state index >= 15 is 0 Å². The van der Waals surface area contributed by atoms with E-state index in [1.807, 2.05) is 0 Å². The molecule has 1 aliphatic heterocycles. The van der Waals surface area contributed by atoms with Crippen molar-refractivity contribution in [1.82, 2.24) is 4.90 Å². The first-order valence-electron chi connectivity index (χ1n) is 6.57. The Balaban J connectivity index is 2.01. The number of nitrogens with one attached hydrogen (secondary N) is 1. The molecule has 3 N–H and O–H groups in total. The second-order valence-electron chi connectivity index (χ2n) is 5.18. The molecule has 6 nitrogen and oxygen atoms in total. The van der Waals surface area contributed by atoms with Gasteiger partial charge in [0.25, 0.3) is 0 Å². The normalized spacial score (nSPS) is 22.2. The first kappa shape index (κ1) is 15.4. The molecule has 1 fully saturated rings. The Morgan fingerprint density at radius 3 is 2.86 bits per heavy atom. The topological polar surface area (TPSA) is 89.9 Å². The molecule has 1 heterocycles. The molecule has 1 aliphatic rings. The molecule has 21 heavy (non-hydrogen) atoms. The third kappa shape index (κ3) is 3.77. The van der Waals surface area contributed by atoms with Gasteiger partial charge in [-0.2, -0.15) is 0 Å². The number of hydrogen-bond acceptors (Lipinski definition) is 4. The van der Waals surface area contributed by atoms with Crippen LogP contribution in [0.15, 0.2) is 18.2 Å². The van der Waals surface area contributed by atoms with Gasteiger partial charge in [-0.3, -0.25) is 14.5 Å². The molecular formula is C14H17FN2O4. The number of carbonyl (C=O) groups is 2. The van der Waals surface area contributed by atoms with Gasteiger partial charge in [-0.15, -0.1) is 0 Å². The minimum Gasteiger partial charge on any atom is -0.480 e. The molecule has 7 heteroatoms. The number of carboxylic acids is 1. The molecule has 2 rings (SSSR count). The molecule has 0 bridgehead atoms. The number of likely N-dealkylation sites (tertiary alicyclic amines) is 1. The molecular weight excluding hydrogens is 279 g/mol. The zero-order valence-corrected chi connectivity index (χ0v) is 11.5. The van der Waals surface area contributed by atoms with Crippen molar-refractivity contribution in [2.45, 2.75) is 25.5 Å². The lowest BCUT2D eigenvalue weighted by Gasteiger charge is -2.20. The van der Waals surface area contributed by atoms with Crippen molar-refractivity contribution in [3.63, 3.8) is 0 Å². The van der Waals surface area contributed by atoms with Crippen molar-refractivity contribution < 1.29 is 24.2 Å². The fourth-order valence-electron chi connectivity index (χ4n) is 2.41. The van der Waals surface area contributed by atoms with Crippen LogP contribution in [0.25, 0.3) is 0 Å². The predicted octanol–water partition coefficient (Wildman–Crippen LogP) is 0.592. The van der Waals surface area contributed by atoms with E-state index < -0.39 is 29.8 Å². The van der Waals surface area contributed by atoms with E-state index in [9.17, 15) is 19.1 Å². The van der Waals surface area contributed by atoms with E-state index in [2.05, 4.69) is 5.32 Å². The molecule has 1 saturated heterocycles. The summed E-state index contributed by atoms with van der Waals surface area (Å²) in [5.74, 6) is -1.97. The highest BCUT2D eigenvalue weighted by molar-refractivity contribution is 5.93. The van der Waals surface area contributed by atoms with Crippen LogP contribution in [0.1, 0.15) is 12.0 Å². The second kappa shape index (κ2) is 6.19. The van der Waals surface area contributed by atoms with Crippen LogP contribution in [0, 0.1) is 12.7 Å². The van der Waals surface area contributed by atoms with Gasteiger partial charge in [0.1, 0.15) is 11.9 Å². The third-order valence-corrected chi connectivity index (χ3v) is 3.49. The SMILES string of the molecule is Cc1ccc(F)cc1NC(=O)CN1CC(O)CC1C(=O)O. The minimum absolute atomic E-state index is 0.0988. The maximum absolute atomic E-state index is 13.1. The summed E-state index contributed by atoms with van der Waals surface area (Å²) >= 11 is 0. The summed E-state index contributed by atoms with van der Waals surface area (Å²) < 4.78 is 13.1. The number of carboxylic acid groups (broad SMARTS) is 1. The zero-order chi connectivity index (χ0) is 15.6. The monoisotopic (exact) mass is 296 g/mol. The number of benzene rings is 1. The van der Waals surface area contributed by atoms with Crippen molar-refractivity contribution in [3.05, 3.63) is 29.6 Å². The summed E-state index contributed by atoms with van der Waals surface area (Å²) in [6.45, 7) is 1.70. The molecule has 0 saturated carbocycles. The Morgan fingerprint density at radius 1 is 1.48 bits per heavy atom. The van der Waals surface area contributed by atoms with Crippen molar-refractivity contribution in [1.29, 1.82) is 0 Å². The molecule has 0 radical (unpaired) electrons. The van der Waals surface area contributed by atoms with Crippen LogP contribution in [-0.2, 0) is 9.59 Å². The van der Waals surface area contributed by atoms with E-state index in [1.54, 1.807) is 13.0 Å². The van der Waals surface area contributed by atoms with E-state index in [0.717, 1.165) is 0 Å². The molecule has 1 aromatic rings. The largest absolute Gasteiger partial charge is 0.480 e. The van der Waals surface area contributed by atoms with Crippen LogP contribution >= 0.6 is 0 Å². The Bertz CT molecular complexity index is 564. The fourth-order valence-corrected chi connectivity index (χ4v) is 2.41. The molecule has 1 amide bonds. The fraction of sp³-hybridized carbons (Fsp3) is 0.429. The second-order valence-corrected chi connectivity index (χ2v) is 5.18. The Hall–Kier alpha value is -1.99. The predicted molar refractivity (Wildman–Crippen MR) is 73.4 cm³/mol. The van der Waals surface area contributed by atoms with Crippen LogP contribution in [-0.4, -0.2) is 52.2 Å². The van der Waals surface area contributed by atoms with Gasteiger partial charge in [-0.05, 0) is 24.6 Å². The van der Waals surface area contributed by atoms with Crippen molar-refractivity contribution >= 4 is 17.6 Å². The number of aliphatic carboxylic acids is 1. The number of rotatable bonds is 4. The quantitative estimate of drug-likeness (QED) is 0.757. The first-order valence-corrected chi connectivity index (χ1v) is 6.57. The van der Waals surface area contributed by atoms with Gasteiger partial charge in [0.2, 0.25) is 5.91 Å². The average Bonchev–Trinajstić information content (AvgIpc) is 2.75. The molecule has 2 unspecified atom stereocenters. The van der Waals surface area contributed by atoms with Crippen LogP contribution in [0.4, 0.5) is 10.1 Å². The van der Waals surface area contributed by atoms with Gasteiger partial charge in [-0.25, -0.2) is 4.39 Å². The average molecular weight is 296 g/mol. The number of hydrogen-bond donors (Lipinski definition) is 3. The van der Waals surface area contributed by atoms with Gasteiger partial charge in [0.05, 0.1) is 12.6 Å². The molecule has 2 atom stereocenters. The Morgan fingerprint density at radius 2 is 2.19 bits per heavy atom. The number of carbonyl (C=O) groups excluding carboxylic acids is 1. The van der Waals surface area contributed by atoms with Crippen molar-refractivity contribution in [3.8, 4) is 0 Å². The molecule has 114 valence electrons. The Labute approximate surface area is 121 Å². The first-order chi connectivity index (χ1) is 9.86. The highest BCUT2D eigenvalue weighted by Crippen LogP contribution is 2.19. The van der Waals surface area contributed by atoms with Gasteiger partial charge >= 0.3 is 5.97 Å². The van der Waals surface area contributed by atoms with Crippen LogP contribution < -0.4 is 5.32 Å². The number of aliphatic hydroxyl groups is 1. The highest BCUT2D eigenvalue weighted by Gasteiger charge is 2.36. The van der Waals surface area contributed by atoms with E-state index in [1.165, 1.54) is 17.0 Å². The number of aliphatic hydroxyl groups excluding tert-OH is 1. The van der Waals surface area contributed by atoms with E-state index in [0.29, 0.717) is 11.3 Å². The number of halogens is 1. The summed E-state index contributed by atoms with van der Waals surface area (Å²) in [5.41, 5.74) is 1.06. The van der Waals surface area contributed by atoms with Gasteiger partial charge in [0.15, 0.2) is 0 Å². The van der Waals surface area contributed by atoms with E-state index in [4.69, 9.17) is 5.11 Å². The summed E-state index contributed by atoms with van der Waals surface area (Å²) in [4.78, 5) is 24.4. The third-order valence-electron chi connectivity index (χ3n) is 3.49. The smallest absolute Gasteiger partial charge is 0.321 e. The molecule has 0 aliphatic carbocycles. The summed E-state index contributed by atoms with van der Waals surface area (Å²) in [6.07, 6.45) is -0.656. The number of anilines is 1. The minimum atomic E-state index is -1.07. The zero-order valence-electron chi connectivity index (χ0n) is 11.5. The van der Waals surface area contributed by atoms with Crippen LogP contribution in [0.2, 0.25) is 0 Å². The van der Waals surface area contributed by atoms with Gasteiger partial charge in [0, 0.05) is 18.7 Å². The highest BCUT2D eigenvalue weighted by atomic mass is 19.1. The summed E-state index contributed by atoms with van der Waals surface area (Å²) in [7, 11) is 0. The lowest BCUT2D eigenvalue weighted by atomic mass is 10.2. The summed E-state index contributed by atoms with van der Waals surface area (Å²) in [5, 5.41) is 21.1. The molecule has 0 aromatic heterocycles. The number of β-amino-alcohol motifs (C(OH)–C–C–N with tert-alkyl or cyclic N) is 1. The number of nitrogens with zero attached hydrogens (tertiary/aromatic N) is 1. The summed E-state index contributed by atoms with van der Waals surface area (Å²) in [6, 6.07) is 3.17. The van der Waals surface area contributed by atoms with Crippen molar-refractivity contribution in [2.75, 3.05) is 18.4 Å². The Kier molecular flexibility index (Phi) is 4.54. The standard InChI is InChI=1S/C14H17FN2O4/c1-8-2-3-9(15)4-11(8)16-13(19)7-17-6-10(18)5-12(17)14(20)21/h2-4,10,12,18H,5-7H2,1H3,(H,16,19)(H,20,21). The maximum atomic E-state index is 13.1. The lowest BCUT2D eigenvalue weighted by Crippen LogP contribution is -2.41. The maximum Gasteiger partial charge on any atom is 0.321 e. The van der Waals surface area contributed by atoms with Crippen LogP contribution in [0.5, 0.6) is 0 Å². The number of aryl methyl sites for hydroxylation is 1.